The number of nitrogens with zero attached hydrogens (tertiary/aromatic N) is 4. The van der Waals surface area contributed by atoms with E-state index in [1.807, 2.05) is 48.5 Å². The van der Waals surface area contributed by atoms with E-state index in [2.05, 4.69) is 15.5 Å². The zero-order valence-corrected chi connectivity index (χ0v) is 15.6. The van der Waals surface area contributed by atoms with E-state index in [0.717, 1.165) is 0 Å². The van der Waals surface area contributed by atoms with Crippen molar-refractivity contribution < 1.29 is 14.3 Å². The van der Waals surface area contributed by atoms with Gasteiger partial charge in [0.25, 0.3) is 5.91 Å². The summed E-state index contributed by atoms with van der Waals surface area (Å²) in [5, 5.41) is 12.9. The van der Waals surface area contributed by atoms with E-state index < -0.39 is 0 Å². The molecule has 0 saturated carbocycles. The first-order chi connectivity index (χ1) is 13.7. The van der Waals surface area contributed by atoms with Crippen LogP contribution in [0.1, 0.15) is 5.82 Å². The number of benzene rings is 2. The third kappa shape index (κ3) is 3.99. The van der Waals surface area contributed by atoms with Crippen LogP contribution in [0, 0.1) is 0 Å². The van der Waals surface area contributed by atoms with Crippen LogP contribution in [0.3, 0.4) is 0 Å². The molecule has 0 atom stereocenters. The molecule has 9 heteroatoms. The van der Waals surface area contributed by atoms with E-state index in [1.165, 1.54) is 16.8 Å². The van der Waals surface area contributed by atoms with Crippen molar-refractivity contribution in [1.82, 2.24) is 14.9 Å². The summed E-state index contributed by atoms with van der Waals surface area (Å²) in [6.45, 7) is -0.0146. The Hall–Kier alpha value is -3.33. The second-order valence-electron chi connectivity index (χ2n) is 5.97. The van der Waals surface area contributed by atoms with Gasteiger partial charge in [-0.1, -0.05) is 48.2 Å². The molecule has 1 N–H and O–H groups in total. The molecular weight excluding hydrogens is 378 g/mol. The van der Waals surface area contributed by atoms with Gasteiger partial charge >= 0.3 is 0 Å². The maximum atomic E-state index is 12.5. The van der Waals surface area contributed by atoms with Crippen LogP contribution in [-0.4, -0.2) is 39.0 Å². The van der Waals surface area contributed by atoms with Gasteiger partial charge in [0, 0.05) is 5.69 Å². The monoisotopic (exact) mass is 395 g/mol. The number of ether oxygens (including phenoxy) is 1. The van der Waals surface area contributed by atoms with Gasteiger partial charge in [-0.05, 0) is 24.3 Å². The number of fused-ring (bicyclic) bond motifs is 1. The molecule has 0 aliphatic carbocycles. The average Bonchev–Trinajstić information content (AvgIpc) is 3.13. The lowest BCUT2D eigenvalue weighted by atomic mass is 10.3. The molecule has 0 spiro atoms. The number of hydrogen-bond acceptors (Lipinski definition) is 6. The van der Waals surface area contributed by atoms with Gasteiger partial charge in [-0.3, -0.25) is 9.59 Å². The maximum Gasteiger partial charge on any atom is 0.252 e. The fourth-order valence-electron chi connectivity index (χ4n) is 2.71. The van der Waals surface area contributed by atoms with Gasteiger partial charge in [0.2, 0.25) is 11.1 Å². The van der Waals surface area contributed by atoms with E-state index in [-0.39, 0.29) is 30.7 Å². The van der Waals surface area contributed by atoms with Crippen molar-refractivity contribution in [2.45, 2.75) is 11.8 Å². The minimum absolute atomic E-state index is 0.127. The maximum absolute atomic E-state index is 12.5. The first-order valence-corrected chi connectivity index (χ1v) is 9.60. The molecule has 8 nitrogen and oxygen atoms in total. The molecule has 142 valence electrons. The van der Waals surface area contributed by atoms with Crippen LogP contribution in [-0.2, 0) is 16.2 Å². The van der Waals surface area contributed by atoms with Crippen molar-refractivity contribution in [3.05, 3.63) is 66.5 Å². The van der Waals surface area contributed by atoms with Crippen LogP contribution in [0.15, 0.2) is 65.8 Å². The summed E-state index contributed by atoms with van der Waals surface area (Å²) >= 11 is 1.29. The van der Waals surface area contributed by atoms with Crippen molar-refractivity contribution in [1.29, 1.82) is 0 Å². The molecule has 2 amide bonds. The zero-order valence-electron chi connectivity index (χ0n) is 14.8. The molecule has 0 unspecified atom stereocenters. The predicted molar refractivity (Wildman–Crippen MR) is 105 cm³/mol. The second-order valence-corrected chi connectivity index (χ2v) is 6.91. The molecule has 2 heterocycles. The number of rotatable bonds is 6. The largest absolute Gasteiger partial charge is 0.486 e. The van der Waals surface area contributed by atoms with E-state index in [0.29, 0.717) is 22.4 Å². The zero-order chi connectivity index (χ0) is 19.3. The van der Waals surface area contributed by atoms with Crippen molar-refractivity contribution in [3.63, 3.8) is 0 Å². The lowest BCUT2D eigenvalue weighted by Gasteiger charge is -2.28. The molecule has 0 saturated heterocycles. The Morgan fingerprint density at radius 3 is 2.54 bits per heavy atom. The number of carbonyl (C=O) groups excluding carboxylic acids is 2. The standard InChI is InChI=1S/C19H17N5O3S/c25-17(20-14-7-3-1-4-8-14)11-23-18(26)13-28-19-22-21-16(24(19)23)12-27-15-9-5-2-6-10-15/h1-10H,11-13H2,(H,20,25). The quantitative estimate of drug-likeness (QED) is 0.687. The first-order valence-electron chi connectivity index (χ1n) is 8.61. The van der Waals surface area contributed by atoms with E-state index in [4.69, 9.17) is 4.74 Å². The van der Waals surface area contributed by atoms with E-state index in [1.54, 1.807) is 16.8 Å². The molecule has 1 aliphatic heterocycles. The highest BCUT2D eigenvalue weighted by molar-refractivity contribution is 7.99. The fraction of sp³-hybridized carbons (Fsp3) is 0.158. The highest BCUT2D eigenvalue weighted by Crippen LogP contribution is 2.24. The summed E-state index contributed by atoms with van der Waals surface area (Å²) in [7, 11) is 0. The summed E-state index contributed by atoms with van der Waals surface area (Å²) in [5.41, 5.74) is 0.669. The van der Waals surface area contributed by atoms with Gasteiger partial charge in [0.15, 0.2) is 5.82 Å². The van der Waals surface area contributed by atoms with Crippen LogP contribution in [0.5, 0.6) is 5.75 Å². The van der Waals surface area contributed by atoms with Crippen LogP contribution in [0.25, 0.3) is 0 Å². The van der Waals surface area contributed by atoms with Crippen molar-refractivity contribution in [2.24, 2.45) is 0 Å². The highest BCUT2D eigenvalue weighted by atomic mass is 32.2. The first kappa shape index (κ1) is 18.1. The Balaban J connectivity index is 1.50. The summed E-state index contributed by atoms with van der Waals surface area (Å²) in [6.07, 6.45) is 0. The molecule has 0 bridgehead atoms. The van der Waals surface area contributed by atoms with Gasteiger partial charge in [0.05, 0.1) is 5.75 Å². The average molecular weight is 395 g/mol. The SMILES string of the molecule is O=C(CN1C(=O)CSc2nnc(COc3ccccc3)n21)Nc1ccccc1. The van der Waals surface area contributed by atoms with Crippen molar-refractivity contribution in [3.8, 4) is 5.75 Å². The number of para-hydroxylation sites is 2. The van der Waals surface area contributed by atoms with Crippen LogP contribution in [0.2, 0.25) is 0 Å². The Morgan fingerprint density at radius 2 is 1.79 bits per heavy atom. The predicted octanol–water partition coefficient (Wildman–Crippen LogP) is 2.07. The summed E-state index contributed by atoms with van der Waals surface area (Å²) < 4.78 is 7.29. The van der Waals surface area contributed by atoms with Crippen molar-refractivity contribution >= 4 is 29.3 Å². The molecule has 1 aliphatic rings. The molecule has 2 aromatic carbocycles. The smallest absolute Gasteiger partial charge is 0.252 e. The number of nitrogens with one attached hydrogen (secondary N) is 1. The molecule has 4 rings (SSSR count). The van der Waals surface area contributed by atoms with Gasteiger partial charge in [0.1, 0.15) is 18.9 Å². The third-order valence-corrected chi connectivity index (χ3v) is 4.90. The molecule has 1 aromatic heterocycles. The molecule has 0 radical (unpaired) electrons. The van der Waals surface area contributed by atoms with Crippen LogP contribution >= 0.6 is 11.8 Å². The van der Waals surface area contributed by atoms with E-state index >= 15 is 0 Å². The number of amides is 2. The molecule has 28 heavy (non-hydrogen) atoms. The summed E-state index contributed by atoms with van der Waals surface area (Å²) in [6, 6.07) is 18.4. The molecule has 3 aromatic rings. The Morgan fingerprint density at radius 1 is 1.07 bits per heavy atom. The Bertz CT molecular complexity index is 978. The van der Waals surface area contributed by atoms with Gasteiger partial charge in [-0.15, -0.1) is 10.2 Å². The van der Waals surface area contributed by atoms with Gasteiger partial charge in [-0.2, -0.15) is 0 Å². The number of carbonyl (C=O) groups is 2. The van der Waals surface area contributed by atoms with Crippen LogP contribution < -0.4 is 15.1 Å². The van der Waals surface area contributed by atoms with Gasteiger partial charge in [-0.25, -0.2) is 9.69 Å². The fourth-order valence-corrected chi connectivity index (χ4v) is 3.54. The van der Waals surface area contributed by atoms with Gasteiger partial charge < -0.3 is 10.1 Å². The van der Waals surface area contributed by atoms with Crippen molar-refractivity contribution in [2.75, 3.05) is 22.6 Å². The summed E-state index contributed by atoms with van der Waals surface area (Å²) in [5.74, 6) is 0.841. The van der Waals surface area contributed by atoms with E-state index in [9.17, 15) is 9.59 Å². The minimum atomic E-state index is -0.305. The Kier molecular flexibility index (Phi) is 5.24. The highest BCUT2D eigenvalue weighted by Gasteiger charge is 2.30. The topological polar surface area (TPSA) is 89.3 Å². The summed E-state index contributed by atoms with van der Waals surface area (Å²) in [4.78, 5) is 24.9. The normalized spacial score (nSPS) is 13.1. The second kappa shape index (κ2) is 8.13. The number of aromatic nitrogens is 3. The lowest BCUT2D eigenvalue weighted by Crippen LogP contribution is -2.49. The third-order valence-electron chi connectivity index (χ3n) is 3.99. The Labute approximate surface area is 165 Å². The van der Waals surface area contributed by atoms with Crippen LogP contribution in [0.4, 0.5) is 5.69 Å². The molecule has 0 fully saturated rings. The number of thioether (sulfide) groups is 1. The number of hydrogen-bond donors (Lipinski definition) is 1. The lowest BCUT2D eigenvalue weighted by molar-refractivity contribution is -0.121. The minimum Gasteiger partial charge on any atom is -0.486 e. The number of anilines is 1. The molecular formula is C19H17N5O3S.